The van der Waals surface area contributed by atoms with Crippen molar-refractivity contribution in [3.05, 3.63) is 34.3 Å². The fourth-order valence-electron chi connectivity index (χ4n) is 0.671. The molecule has 6 heteroatoms. The highest BCUT2D eigenvalue weighted by Crippen LogP contribution is 2.13. The number of thioether (sulfide) groups is 1. The maximum Gasteiger partial charge on any atom is 0.222 e. The van der Waals surface area contributed by atoms with E-state index < -0.39 is 0 Å². The zero-order valence-electron chi connectivity index (χ0n) is 8.88. The van der Waals surface area contributed by atoms with Gasteiger partial charge >= 0.3 is 0 Å². The molecule has 0 spiro atoms. The van der Waals surface area contributed by atoms with Crippen LogP contribution in [0.15, 0.2) is 24.3 Å². The van der Waals surface area contributed by atoms with Crippen molar-refractivity contribution in [3.63, 3.8) is 0 Å². The summed E-state index contributed by atoms with van der Waals surface area (Å²) in [6.07, 6.45) is 1.73. The van der Waals surface area contributed by atoms with Crippen LogP contribution in [0.3, 0.4) is 0 Å². The van der Waals surface area contributed by atoms with Crippen LogP contribution in [0.5, 0.6) is 0 Å². The van der Waals surface area contributed by atoms with Gasteiger partial charge in [0.05, 0.1) is 0 Å². The van der Waals surface area contributed by atoms with Crippen molar-refractivity contribution < 1.29 is 4.79 Å². The van der Waals surface area contributed by atoms with Crippen molar-refractivity contribution in [1.82, 2.24) is 5.32 Å². The minimum Gasteiger partial charge on any atom is -0.306 e. The number of benzene rings is 1. The average molecular weight is 279 g/mol. The molecular weight excluding hydrogens is 267 g/mol. The third kappa shape index (κ3) is 8.59. The fourth-order valence-corrected chi connectivity index (χ4v) is 1.35. The predicted molar refractivity (Wildman–Crippen MR) is 71.5 cm³/mol. The van der Waals surface area contributed by atoms with Crippen LogP contribution in [0, 0.1) is 5.41 Å². The number of nitrogens with one attached hydrogen (secondary N) is 2. The topological polar surface area (TPSA) is 53.0 Å². The van der Waals surface area contributed by atoms with Gasteiger partial charge < -0.3 is 5.32 Å². The molecule has 1 aromatic rings. The maximum atomic E-state index is 10.1. The number of carbonyl (C=O) groups is 1. The molecule has 0 bridgehead atoms. The Morgan fingerprint density at radius 3 is 2.06 bits per heavy atom. The quantitative estimate of drug-likeness (QED) is 0.564. The lowest BCUT2D eigenvalue weighted by molar-refractivity contribution is -0.117. The molecule has 0 aliphatic rings. The largest absolute Gasteiger partial charge is 0.306 e. The third-order valence-corrected chi connectivity index (χ3v) is 2.26. The summed E-state index contributed by atoms with van der Waals surface area (Å²) < 4.78 is 0. The zero-order chi connectivity index (χ0) is 12.6. The molecule has 1 amide bonds. The minimum absolute atomic E-state index is 0.190. The lowest BCUT2D eigenvalue weighted by Crippen LogP contribution is -2.23. The number of halogens is 2. The van der Waals surface area contributed by atoms with E-state index in [1.165, 1.54) is 18.7 Å². The summed E-state index contributed by atoms with van der Waals surface area (Å²) in [5.74, 6) is -0.190. The maximum absolute atomic E-state index is 10.1. The van der Waals surface area contributed by atoms with Crippen LogP contribution >= 0.6 is 35.0 Å². The second-order valence-corrected chi connectivity index (χ2v) is 4.34. The van der Waals surface area contributed by atoms with Gasteiger partial charge in [-0.2, -0.15) is 0 Å². The van der Waals surface area contributed by atoms with E-state index in [-0.39, 0.29) is 11.1 Å². The summed E-state index contributed by atoms with van der Waals surface area (Å²) in [6, 6.07) is 7.08. The van der Waals surface area contributed by atoms with Crippen molar-refractivity contribution in [2.75, 3.05) is 6.26 Å². The highest BCUT2D eigenvalue weighted by Gasteiger charge is 1.92. The molecule has 0 saturated heterocycles. The van der Waals surface area contributed by atoms with E-state index in [9.17, 15) is 4.79 Å². The second kappa shape index (κ2) is 8.44. The fraction of sp³-hybridized carbons (Fsp3) is 0.200. The zero-order valence-corrected chi connectivity index (χ0v) is 11.2. The Balaban J connectivity index is 0.000000281. The van der Waals surface area contributed by atoms with E-state index in [2.05, 4.69) is 5.32 Å². The van der Waals surface area contributed by atoms with Gasteiger partial charge in [-0.3, -0.25) is 10.2 Å². The summed E-state index contributed by atoms with van der Waals surface area (Å²) in [6.45, 7) is 1.38. The highest BCUT2D eigenvalue weighted by molar-refractivity contribution is 8.13. The SMILES string of the molecule is CSC(=N)NC(C)=O.Clc1cccc(Cl)c1. The first-order valence-corrected chi connectivity index (χ1v) is 6.25. The van der Waals surface area contributed by atoms with E-state index in [4.69, 9.17) is 28.6 Å². The van der Waals surface area contributed by atoms with Crippen molar-refractivity contribution in [2.24, 2.45) is 0 Å². The van der Waals surface area contributed by atoms with Gasteiger partial charge in [-0.05, 0) is 24.5 Å². The lowest BCUT2D eigenvalue weighted by atomic mass is 10.4. The molecule has 16 heavy (non-hydrogen) atoms. The molecule has 1 rings (SSSR count). The number of rotatable bonds is 0. The van der Waals surface area contributed by atoms with Gasteiger partial charge in [-0.1, -0.05) is 41.0 Å². The normalized spacial score (nSPS) is 8.75. The Bertz CT molecular complexity index is 354. The summed E-state index contributed by atoms with van der Waals surface area (Å²) >= 11 is 12.3. The summed E-state index contributed by atoms with van der Waals surface area (Å²) in [4.78, 5) is 10.1. The molecule has 88 valence electrons. The van der Waals surface area contributed by atoms with Gasteiger partial charge in [0.1, 0.15) is 0 Å². The van der Waals surface area contributed by atoms with Crippen LogP contribution < -0.4 is 5.32 Å². The van der Waals surface area contributed by atoms with Crippen LogP contribution in [0.4, 0.5) is 0 Å². The monoisotopic (exact) mass is 278 g/mol. The molecular formula is C10H12Cl2N2OS. The summed E-state index contributed by atoms with van der Waals surface area (Å²) in [5, 5.41) is 10.7. The Labute approximate surface area is 109 Å². The van der Waals surface area contributed by atoms with Crippen LogP contribution in [0.2, 0.25) is 10.0 Å². The van der Waals surface area contributed by atoms with Crippen molar-refractivity contribution in [2.45, 2.75) is 6.92 Å². The Hall–Kier alpha value is -0.710. The molecule has 0 atom stereocenters. The molecule has 2 N–H and O–H groups in total. The molecule has 0 aromatic heterocycles. The Morgan fingerprint density at radius 2 is 1.88 bits per heavy atom. The molecule has 0 aliphatic heterocycles. The Kier molecular flexibility index (Phi) is 8.07. The van der Waals surface area contributed by atoms with Gasteiger partial charge in [0.2, 0.25) is 5.91 Å². The number of hydrogen-bond acceptors (Lipinski definition) is 3. The van der Waals surface area contributed by atoms with E-state index in [1.54, 1.807) is 24.5 Å². The average Bonchev–Trinajstić information content (AvgIpc) is 2.17. The van der Waals surface area contributed by atoms with Crippen molar-refractivity contribution in [3.8, 4) is 0 Å². The van der Waals surface area contributed by atoms with E-state index >= 15 is 0 Å². The standard InChI is InChI=1S/C6H4Cl2.C4H8N2OS/c7-5-2-1-3-6(8)4-5;1-3(7)6-4(5)8-2/h1-4H;1-2H3,(H2,5,6,7). The Morgan fingerprint density at radius 1 is 1.38 bits per heavy atom. The molecule has 3 nitrogen and oxygen atoms in total. The van der Waals surface area contributed by atoms with Crippen molar-refractivity contribution >= 4 is 46.0 Å². The molecule has 0 aliphatic carbocycles. The van der Waals surface area contributed by atoms with E-state index in [1.807, 2.05) is 6.07 Å². The molecule has 0 radical (unpaired) electrons. The number of carbonyl (C=O) groups excluding carboxylic acids is 1. The summed E-state index contributed by atoms with van der Waals surface area (Å²) in [5.41, 5.74) is 0. The second-order valence-electron chi connectivity index (χ2n) is 2.65. The molecule has 1 aromatic carbocycles. The first-order chi connectivity index (χ1) is 7.45. The smallest absolute Gasteiger partial charge is 0.222 e. The summed E-state index contributed by atoms with van der Waals surface area (Å²) in [7, 11) is 0. The lowest BCUT2D eigenvalue weighted by Gasteiger charge is -1.96. The first-order valence-electron chi connectivity index (χ1n) is 4.27. The first kappa shape index (κ1) is 15.3. The number of amides is 1. The highest BCUT2D eigenvalue weighted by atomic mass is 35.5. The van der Waals surface area contributed by atoms with E-state index in [0.717, 1.165) is 0 Å². The van der Waals surface area contributed by atoms with Gasteiger partial charge in [0.15, 0.2) is 5.17 Å². The molecule has 0 heterocycles. The van der Waals surface area contributed by atoms with Crippen LogP contribution in [-0.4, -0.2) is 17.3 Å². The number of amidine groups is 1. The predicted octanol–water partition coefficient (Wildman–Crippen LogP) is 3.41. The van der Waals surface area contributed by atoms with Crippen molar-refractivity contribution in [1.29, 1.82) is 5.41 Å². The number of hydrogen-bond donors (Lipinski definition) is 2. The molecule has 0 saturated carbocycles. The van der Waals surface area contributed by atoms with Gasteiger partial charge in [0.25, 0.3) is 0 Å². The third-order valence-electron chi connectivity index (χ3n) is 1.28. The van der Waals surface area contributed by atoms with Crippen LogP contribution in [-0.2, 0) is 4.79 Å². The van der Waals surface area contributed by atoms with Gasteiger partial charge in [-0.15, -0.1) is 0 Å². The van der Waals surface area contributed by atoms with Gasteiger partial charge in [0, 0.05) is 17.0 Å². The molecule has 0 fully saturated rings. The molecule has 0 unspecified atom stereocenters. The van der Waals surface area contributed by atoms with Crippen LogP contribution in [0.1, 0.15) is 6.92 Å². The van der Waals surface area contributed by atoms with Crippen LogP contribution in [0.25, 0.3) is 0 Å². The van der Waals surface area contributed by atoms with E-state index in [0.29, 0.717) is 10.0 Å². The minimum atomic E-state index is -0.190. The van der Waals surface area contributed by atoms with Gasteiger partial charge in [-0.25, -0.2) is 0 Å².